The molecule has 2 nitrogen and oxygen atoms in total. The standard InChI is InChI=1S/C22H20FNO/c1-15-8-9-16(2)20(14-15)21(17-6-4-3-5-7-17)24-22(25)18-10-12-19(23)13-11-18/h3-14,21H,1-2H3,(H,24,25). The van der Waals surface area contributed by atoms with Crippen LogP contribution >= 0.6 is 0 Å². The average molecular weight is 333 g/mol. The second-order valence-corrected chi connectivity index (χ2v) is 6.18. The Balaban J connectivity index is 1.98. The molecule has 126 valence electrons. The van der Waals surface area contributed by atoms with E-state index in [0.717, 1.165) is 22.3 Å². The summed E-state index contributed by atoms with van der Waals surface area (Å²) in [5.74, 6) is -0.583. The Hall–Kier alpha value is -2.94. The molecule has 0 aliphatic carbocycles. The number of carbonyl (C=O) groups is 1. The Labute approximate surface area is 147 Å². The minimum absolute atomic E-state index is 0.227. The van der Waals surface area contributed by atoms with Gasteiger partial charge in [0, 0.05) is 5.56 Å². The Morgan fingerprint density at radius 2 is 1.60 bits per heavy atom. The largest absolute Gasteiger partial charge is 0.341 e. The molecule has 1 N–H and O–H groups in total. The fraction of sp³-hybridized carbons (Fsp3) is 0.136. The van der Waals surface area contributed by atoms with Gasteiger partial charge >= 0.3 is 0 Å². The van der Waals surface area contributed by atoms with Crippen molar-refractivity contribution in [3.63, 3.8) is 0 Å². The van der Waals surface area contributed by atoms with E-state index in [1.165, 1.54) is 24.3 Å². The zero-order valence-corrected chi connectivity index (χ0v) is 14.3. The van der Waals surface area contributed by atoms with Crippen molar-refractivity contribution in [2.45, 2.75) is 19.9 Å². The minimum Gasteiger partial charge on any atom is -0.341 e. The number of aryl methyl sites for hydroxylation is 2. The molecule has 0 aliphatic rings. The monoisotopic (exact) mass is 333 g/mol. The number of hydrogen-bond donors (Lipinski definition) is 1. The van der Waals surface area contributed by atoms with E-state index in [1.54, 1.807) is 0 Å². The van der Waals surface area contributed by atoms with Crippen molar-refractivity contribution in [3.05, 3.63) is 106 Å². The molecule has 0 radical (unpaired) electrons. The number of nitrogens with one attached hydrogen (secondary N) is 1. The fourth-order valence-corrected chi connectivity index (χ4v) is 2.87. The van der Waals surface area contributed by atoms with Crippen molar-refractivity contribution < 1.29 is 9.18 Å². The summed E-state index contributed by atoms with van der Waals surface area (Å²) in [6.45, 7) is 4.07. The van der Waals surface area contributed by atoms with Gasteiger partial charge in [-0.3, -0.25) is 4.79 Å². The first-order valence-electron chi connectivity index (χ1n) is 8.23. The van der Waals surface area contributed by atoms with E-state index in [1.807, 2.05) is 44.2 Å². The Morgan fingerprint density at radius 3 is 2.28 bits per heavy atom. The van der Waals surface area contributed by atoms with Gasteiger partial charge < -0.3 is 5.32 Å². The van der Waals surface area contributed by atoms with Gasteiger partial charge in [0.05, 0.1) is 6.04 Å². The molecule has 3 aromatic carbocycles. The molecule has 0 bridgehead atoms. The predicted octanol–water partition coefficient (Wildman–Crippen LogP) is 4.96. The van der Waals surface area contributed by atoms with Gasteiger partial charge in [-0.1, -0.05) is 54.1 Å². The van der Waals surface area contributed by atoms with Crippen molar-refractivity contribution >= 4 is 5.91 Å². The summed E-state index contributed by atoms with van der Waals surface area (Å²) in [6, 6.07) is 21.4. The molecule has 0 saturated heterocycles. The van der Waals surface area contributed by atoms with Gasteiger partial charge in [-0.15, -0.1) is 0 Å². The van der Waals surface area contributed by atoms with Crippen molar-refractivity contribution in [1.82, 2.24) is 5.32 Å². The van der Waals surface area contributed by atoms with E-state index in [0.29, 0.717) is 5.56 Å². The second kappa shape index (κ2) is 7.31. The van der Waals surface area contributed by atoms with Crippen molar-refractivity contribution in [2.24, 2.45) is 0 Å². The van der Waals surface area contributed by atoms with Gasteiger partial charge in [0.1, 0.15) is 5.82 Å². The summed E-state index contributed by atoms with van der Waals surface area (Å²) in [4.78, 5) is 12.7. The van der Waals surface area contributed by atoms with Gasteiger partial charge in [0.2, 0.25) is 0 Å². The highest BCUT2D eigenvalue weighted by Gasteiger charge is 2.19. The summed E-state index contributed by atoms with van der Waals surface area (Å²) in [5, 5.41) is 3.09. The lowest BCUT2D eigenvalue weighted by atomic mass is 9.93. The van der Waals surface area contributed by atoms with Crippen LogP contribution in [-0.4, -0.2) is 5.91 Å². The number of amides is 1. The number of benzene rings is 3. The van der Waals surface area contributed by atoms with E-state index < -0.39 is 0 Å². The lowest BCUT2D eigenvalue weighted by Gasteiger charge is -2.22. The summed E-state index contributed by atoms with van der Waals surface area (Å²) in [7, 11) is 0. The molecule has 1 unspecified atom stereocenters. The van der Waals surface area contributed by atoms with Crippen LogP contribution in [0.15, 0.2) is 72.8 Å². The van der Waals surface area contributed by atoms with Crippen LogP contribution in [0.1, 0.15) is 38.7 Å². The SMILES string of the molecule is Cc1ccc(C)c(C(NC(=O)c2ccc(F)cc2)c2ccccc2)c1. The highest BCUT2D eigenvalue weighted by atomic mass is 19.1. The van der Waals surface area contributed by atoms with Crippen LogP contribution in [0.25, 0.3) is 0 Å². The van der Waals surface area contributed by atoms with E-state index >= 15 is 0 Å². The zero-order chi connectivity index (χ0) is 17.8. The number of hydrogen-bond acceptors (Lipinski definition) is 1. The Morgan fingerprint density at radius 1 is 0.920 bits per heavy atom. The Kier molecular flexibility index (Phi) is 4.94. The molecular formula is C22H20FNO. The molecule has 3 aromatic rings. The molecule has 0 aromatic heterocycles. The Bertz CT molecular complexity index is 872. The molecule has 0 aliphatic heterocycles. The average Bonchev–Trinajstić information content (AvgIpc) is 2.63. The van der Waals surface area contributed by atoms with E-state index in [4.69, 9.17) is 0 Å². The van der Waals surface area contributed by atoms with E-state index in [9.17, 15) is 9.18 Å². The van der Waals surface area contributed by atoms with Gasteiger partial charge in [0.15, 0.2) is 0 Å². The summed E-state index contributed by atoms with van der Waals surface area (Å²) in [5.41, 5.74) is 4.75. The van der Waals surface area contributed by atoms with Crippen LogP contribution in [0.4, 0.5) is 4.39 Å². The summed E-state index contributed by atoms with van der Waals surface area (Å²) < 4.78 is 13.1. The molecule has 0 saturated carbocycles. The first-order chi connectivity index (χ1) is 12.0. The third kappa shape index (κ3) is 3.94. The highest BCUT2D eigenvalue weighted by Crippen LogP contribution is 2.26. The zero-order valence-electron chi connectivity index (χ0n) is 14.3. The van der Waals surface area contributed by atoms with Crippen LogP contribution in [0, 0.1) is 19.7 Å². The molecular weight excluding hydrogens is 313 g/mol. The van der Waals surface area contributed by atoms with E-state index in [2.05, 4.69) is 23.5 Å². The van der Waals surface area contributed by atoms with E-state index in [-0.39, 0.29) is 17.8 Å². The number of rotatable bonds is 4. The van der Waals surface area contributed by atoms with Gasteiger partial charge in [-0.05, 0) is 54.8 Å². The topological polar surface area (TPSA) is 29.1 Å². The number of halogens is 1. The summed E-state index contributed by atoms with van der Waals surface area (Å²) >= 11 is 0. The third-order valence-corrected chi connectivity index (χ3v) is 4.26. The first kappa shape index (κ1) is 16.9. The third-order valence-electron chi connectivity index (χ3n) is 4.26. The molecule has 1 atom stereocenters. The van der Waals surface area contributed by atoms with Gasteiger partial charge in [0.25, 0.3) is 5.91 Å². The molecule has 0 heterocycles. The van der Waals surface area contributed by atoms with Gasteiger partial charge in [-0.2, -0.15) is 0 Å². The molecule has 0 fully saturated rings. The fourth-order valence-electron chi connectivity index (χ4n) is 2.87. The normalized spacial score (nSPS) is 11.8. The van der Waals surface area contributed by atoms with Crippen molar-refractivity contribution in [2.75, 3.05) is 0 Å². The minimum atomic E-state index is -0.356. The van der Waals surface area contributed by atoms with Crippen LogP contribution in [0.3, 0.4) is 0 Å². The molecule has 0 spiro atoms. The lowest BCUT2D eigenvalue weighted by molar-refractivity contribution is 0.0943. The molecule has 25 heavy (non-hydrogen) atoms. The van der Waals surface area contributed by atoms with Crippen LogP contribution in [0.5, 0.6) is 0 Å². The molecule has 1 amide bonds. The van der Waals surface area contributed by atoms with Crippen LogP contribution < -0.4 is 5.32 Å². The molecule has 3 rings (SSSR count). The van der Waals surface area contributed by atoms with Crippen molar-refractivity contribution in [3.8, 4) is 0 Å². The predicted molar refractivity (Wildman–Crippen MR) is 98.1 cm³/mol. The second-order valence-electron chi connectivity index (χ2n) is 6.18. The summed E-state index contributed by atoms with van der Waals surface area (Å²) in [6.07, 6.45) is 0. The maximum Gasteiger partial charge on any atom is 0.252 e. The quantitative estimate of drug-likeness (QED) is 0.718. The first-order valence-corrected chi connectivity index (χ1v) is 8.23. The lowest BCUT2D eigenvalue weighted by Crippen LogP contribution is -2.29. The van der Waals surface area contributed by atoms with Crippen LogP contribution in [-0.2, 0) is 0 Å². The highest BCUT2D eigenvalue weighted by molar-refractivity contribution is 5.94. The number of carbonyl (C=O) groups excluding carboxylic acids is 1. The van der Waals surface area contributed by atoms with Crippen molar-refractivity contribution in [1.29, 1.82) is 0 Å². The van der Waals surface area contributed by atoms with Crippen LogP contribution in [0.2, 0.25) is 0 Å². The maximum atomic E-state index is 13.1. The smallest absolute Gasteiger partial charge is 0.252 e. The molecule has 3 heteroatoms. The maximum absolute atomic E-state index is 13.1. The van der Waals surface area contributed by atoms with Gasteiger partial charge in [-0.25, -0.2) is 4.39 Å².